The smallest absolute Gasteiger partial charge is 0.304 e. The molecular formula is C19H21BrN6O7. The third-order valence-electron chi connectivity index (χ3n) is 4.01. The summed E-state index contributed by atoms with van der Waals surface area (Å²) in [6.45, 7) is 4.34. The minimum atomic E-state index is -0.797. The van der Waals surface area contributed by atoms with E-state index < -0.39 is 21.2 Å². The molecule has 0 aliphatic carbocycles. The second-order valence-electron chi connectivity index (χ2n) is 6.43. The number of benzene rings is 2. The first-order chi connectivity index (χ1) is 15.7. The van der Waals surface area contributed by atoms with Crippen molar-refractivity contribution in [1.29, 1.82) is 0 Å². The van der Waals surface area contributed by atoms with E-state index in [0.29, 0.717) is 24.6 Å². The van der Waals surface area contributed by atoms with Crippen molar-refractivity contribution in [3.8, 4) is 5.75 Å². The zero-order chi connectivity index (χ0) is 24.5. The molecule has 0 fully saturated rings. The molecule has 33 heavy (non-hydrogen) atoms. The van der Waals surface area contributed by atoms with Crippen molar-refractivity contribution in [3.63, 3.8) is 0 Å². The van der Waals surface area contributed by atoms with Crippen LogP contribution < -0.4 is 15.4 Å². The zero-order valence-corrected chi connectivity index (χ0v) is 19.5. The molecular weight excluding hydrogens is 504 g/mol. The Morgan fingerprint density at radius 2 is 1.82 bits per heavy atom. The second kappa shape index (κ2) is 11.8. The molecule has 0 saturated heterocycles. The average Bonchev–Trinajstić information content (AvgIpc) is 2.74. The predicted molar refractivity (Wildman–Crippen MR) is 124 cm³/mol. The van der Waals surface area contributed by atoms with Crippen LogP contribution in [0.25, 0.3) is 0 Å². The van der Waals surface area contributed by atoms with Crippen LogP contribution in [0, 0.1) is 20.2 Å². The molecule has 2 N–H and O–H groups in total. The van der Waals surface area contributed by atoms with Crippen molar-refractivity contribution in [3.05, 3.63) is 49.0 Å². The summed E-state index contributed by atoms with van der Waals surface area (Å²) in [4.78, 5) is 32.6. The number of carbonyl (C=O) groups is 1. The number of nitro groups is 2. The molecule has 0 atom stereocenters. The number of hydrogen-bond acceptors (Lipinski definition) is 10. The second-order valence-corrected chi connectivity index (χ2v) is 7.28. The number of rotatable bonds is 11. The number of nitro benzene ring substituents is 2. The Hall–Kier alpha value is -3.65. The molecule has 0 bridgehead atoms. The molecule has 0 spiro atoms. The first-order valence-corrected chi connectivity index (χ1v) is 10.3. The van der Waals surface area contributed by atoms with Gasteiger partial charge in [-0.25, -0.2) is 0 Å². The zero-order valence-electron chi connectivity index (χ0n) is 18.0. The standard InChI is InChI=1S/C19H21BrN6O7/c1-4-21-16-9-14(22-11(2)27)15(10-18(16)33-6-5-32-3)23-24-19-13(20)7-12(25(28)29)8-17(19)26(30)31/h7-10,21H,4-6H2,1-3H3,(H,22,27). The molecule has 13 nitrogen and oxygen atoms in total. The fourth-order valence-electron chi connectivity index (χ4n) is 2.64. The number of nitrogens with zero attached hydrogens (tertiary/aromatic N) is 4. The maximum absolute atomic E-state index is 11.7. The highest BCUT2D eigenvalue weighted by Gasteiger charge is 2.23. The Labute approximate surface area is 196 Å². The number of halogens is 1. The molecule has 0 radical (unpaired) electrons. The third-order valence-corrected chi connectivity index (χ3v) is 4.62. The molecule has 0 saturated carbocycles. The third kappa shape index (κ3) is 6.92. The first kappa shape index (κ1) is 25.6. The lowest BCUT2D eigenvalue weighted by Gasteiger charge is -2.16. The van der Waals surface area contributed by atoms with E-state index in [9.17, 15) is 25.0 Å². The lowest BCUT2D eigenvalue weighted by molar-refractivity contribution is -0.393. The topological polar surface area (TPSA) is 171 Å². The maximum Gasteiger partial charge on any atom is 0.304 e. The molecule has 0 aliphatic rings. The molecule has 2 aromatic rings. The van der Waals surface area contributed by atoms with Crippen molar-refractivity contribution in [2.24, 2.45) is 10.2 Å². The van der Waals surface area contributed by atoms with Gasteiger partial charge >= 0.3 is 5.69 Å². The van der Waals surface area contributed by atoms with Gasteiger partial charge in [-0.05, 0) is 28.9 Å². The summed E-state index contributed by atoms with van der Waals surface area (Å²) in [5.41, 5.74) is -0.298. The van der Waals surface area contributed by atoms with E-state index in [2.05, 4.69) is 36.8 Å². The van der Waals surface area contributed by atoms with Crippen molar-refractivity contribution in [2.75, 3.05) is 37.5 Å². The van der Waals surface area contributed by atoms with E-state index in [4.69, 9.17) is 9.47 Å². The summed E-state index contributed by atoms with van der Waals surface area (Å²) in [5.74, 6) is 0.0265. The van der Waals surface area contributed by atoms with E-state index in [0.717, 1.165) is 12.1 Å². The van der Waals surface area contributed by atoms with E-state index >= 15 is 0 Å². The van der Waals surface area contributed by atoms with Gasteiger partial charge in [0.2, 0.25) is 5.91 Å². The predicted octanol–water partition coefficient (Wildman–Crippen LogP) is 5.10. The SMILES string of the molecule is CCNc1cc(NC(C)=O)c(N=Nc2c(Br)cc([N+](=O)[O-])cc2[N+](=O)[O-])cc1OCCOC. The molecule has 0 aliphatic heterocycles. The van der Waals surface area contributed by atoms with Gasteiger partial charge in [0, 0.05) is 32.7 Å². The van der Waals surface area contributed by atoms with Gasteiger partial charge in [-0.1, -0.05) is 0 Å². The number of amides is 1. The van der Waals surface area contributed by atoms with Crippen molar-refractivity contribution in [1.82, 2.24) is 0 Å². The fourth-order valence-corrected chi connectivity index (χ4v) is 3.16. The molecule has 14 heteroatoms. The molecule has 0 aromatic heterocycles. The summed E-state index contributed by atoms with van der Waals surface area (Å²) >= 11 is 3.07. The fraction of sp³-hybridized carbons (Fsp3) is 0.316. The minimum absolute atomic E-state index is 0.00839. The number of carbonyl (C=O) groups excluding carboxylic acids is 1. The van der Waals surface area contributed by atoms with Gasteiger partial charge in [-0.3, -0.25) is 25.0 Å². The summed E-state index contributed by atoms with van der Waals surface area (Å²) in [6, 6.07) is 4.99. The maximum atomic E-state index is 11.7. The van der Waals surface area contributed by atoms with Crippen LogP contribution in [0.3, 0.4) is 0 Å². The lowest BCUT2D eigenvalue weighted by atomic mass is 10.2. The Bertz CT molecular complexity index is 1090. The first-order valence-electron chi connectivity index (χ1n) is 9.53. The van der Waals surface area contributed by atoms with Crippen LogP contribution >= 0.6 is 15.9 Å². The van der Waals surface area contributed by atoms with Gasteiger partial charge in [0.15, 0.2) is 5.69 Å². The van der Waals surface area contributed by atoms with Crippen LogP contribution in [0.2, 0.25) is 0 Å². The van der Waals surface area contributed by atoms with Crippen molar-refractivity contribution < 1.29 is 24.1 Å². The normalized spacial score (nSPS) is 10.8. The lowest BCUT2D eigenvalue weighted by Crippen LogP contribution is -2.09. The summed E-state index contributed by atoms with van der Waals surface area (Å²) in [5, 5.41) is 36.2. The van der Waals surface area contributed by atoms with Crippen LogP contribution in [-0.2, 0) is 9.53 Å². The Morgan fingerprint density at radius 3 is 2.39 bits per heavy atom. The number of ether oxygens (including phenoxy) is 2. The molecule has 2 rings (SSSR count). The summed E-state index contributed by atoms with van der Waals surface area (Å²) in [7, 11) is 1.53. The Morgan fingerprint density at radius 1 is 1.09 bits per heavy atom. The molecule has 0 unspecified atom stereocenters. The van der Waals surface area contributed by atoms with Crippen LogP contribution in [0.15, 0.2) is 39.0 Å². The largest absolute Gasteiger partial charge is 0.489 e. The van der Waals surface area contributed by atoms with Gasteiger partial charge in [0.25, 0.3) is 5.69 Å². The number of non-ortho nitro benzene ring substituents is 1. The number of hydrogen-bond donors (Lipinski definition) is 2. The van der Waals surface area contributed by atoms with Crippen LogP contribution in [0.5, 0.6) is 5.75 Å². The minimum Gasteiger partial charge on any atom is -0.489 e. The number of nitrogens with one attached hydrogen (secondary N) is 2. The average molecular weight is 525 g/mol. The molecule has 1 amide bonds. The Balaban J connectivity index is 2.60. The Kier molecular flexibility index (Phi) is 9.18. The number of azo groups is 1. The van der Waals surface area contributed by atoms with Crippen LogP contribution in [0.4, 0.5) is 34.1 Å². The van der Waals surface area contributed by atoms with Crippen molar-refractivity contribution >= 4 is 56.0 Å². The monoisotopic (exact) mass is 524 g/mol. The van der Waals surface area contributed by atoms with Crippen molar-refractivity contribution in [2.45, 2.75) is 13.8 Å². The van der Waals surface area contributed by atoms with Gasteiger partial charge in [0.05, 0.1) is 38.4 Å². The van der Waals surface area contributed by atoms with E-state index in [1.165, 1.54) is 20.1 Å². The van der Waals surface area contributed by atoms with Gasteiger partial charge < -0.3 is 20.1 Å². The van der Waals surface area contributed by atoms with Gasteiger partial charge in [-0.15, -0.1) is 10.2 Å². The highest BCUT2D eigenvalue weighted by atomic mass is 79.9. The van der Waals surface area contributed by atoms with Gasteiger partial charge in [-0.2, -0.15) is 0 Å². The van der Waals surface area contributed by atoms with E-state index in [1.54, 1.807) is 6.07 Å². The van der Waals surface area contributed by atoms with E-state index in [1.807, 2.05) is 6.92 Å². The number of methoxy groups -OCH3 is 1. The summed E-state index contributed by atoms with van der Waals surface area (Å²) in [6.07, 6.45) is 0. The number of anilines is 2. The van der Waals surface area contributed by atoms with Crippen LogP contribution in [0.1, 0.15) is 13.8 Å². The highest BCUT2D eigenvalue weighted by Crippen LogP contribution is 2.42. The highest BCUT2D eigenvalue weighted by molar-refractivity contribution is 9.10. The van der Waals surface area contributed by atoms with E-state index in [-0.39, 0.29) is 34.0 Å². The molecule has 176 valence electrons. The van der Waals surface area contributed by atoms with Crippen LogP contribution in [-0.4, -0.2) is 42.6 Å². The molecule has 2 aromatic carbocycles. The summed E-state index contributed by atoms with van der Waals surface area (Å²) < 4.78 is 10.7. The molecule has 0 heterocycles. The quantitative estimate of drug-likeness (QED) is 0.177. The van der Waals surface area contributed by atoms with Gasteiger partial charge in [0.1, 0.15) is 18.0 Å².